The van der Waals surface area contributed by atoms with Gasteiger partial charge < -0.3 is 10.4 Å². The minimum atomic E-state index is -0.897. The van der Waals surface area contributed by atoms with Gasteiger partial charge in [-0.15, -0.1) is 11.3 Å². The first kappa shape index (κ1) is 16.3. The first-order chi connectivity index (χ1) is 12.2. The highest BCUT2D eigenvalue weighted by molar-refractivity contribution is 7.13. The van der Waals surface area contributed by atoms with Crippen LogP contribution in [0.15, 0.2) is 42.0 Å². The van der Waals surface area contributed by atoms with Gasteiger partial charge >= 0.3 is 5.97 Å². The number of hydrogen-bond donors (Lipinski definition) is 2. The van der Waals surface area contributed by atoms with Crippen molar-refractivity contribution in [3.8, 4) is 0 Å². The van der Waals surface area contributed by atoms with Crippen LogP contribution in [0, 0.1) is 0 Å². The number of benzene rings is 1. The van der Waals surface area contributed by atoms with Gasteiger partial charge in [0.1, 0.15) is 0 Å². The van der Waals surface area contributed by atoms with Crippen LogP contribution in [0.1, 0.15) is 39.3 Å². The number of thiophene rings is 1. The molecule has 2 heterocycles. The smallest absolute Gasteiger partial charge is 0.328 e. The van der Waals surface area contributed by atoms with E-state index in [9.17, 15) is 4.79 Å². The second kappa shape index (κ2) is 6.98. The van der Waals surface area contributed by atoms with Gasteiger partial charge in [0.15, 0.2) is 0 Å². The summed E-state index contributed by atoms with van der Waals surface area (Å²) in [6, 6.07) is 10.9. The van der Waals surface area contributed by atoms with E-state index >= 15 is 0 Å². The van der Waals surface area contributed by atoms with Gasteiger partial charge in [-0.05, 0) is 73.2 Å². The fraction of sp³-hybridized carbons (Fsp3) is 0.286. The standard InChI is InChI=1S/C21H21NO2S/c23-20(24)8-6-16-13-18-19(25-16)7-5-14-3-1-2-4-17(14)21(18)15-9-11-22-12-10-15/h1-4,6,8,13,22H,5,7,9-12H2,(H,23,24)/b8-6+. The zero-order chi connectivity index (χ0) is 17.2. The molecule has 2 aliphatic rings. The van der Waals surface area contributed by atoms with Crippen LogP contribution in [0.4, 0.5) is 0 Å². The number of aliphatic carboxylic acids is 1. The number of fused-ring (bicyclic) bond motifs is 2. The molecular formula is C21H21NO2S. The minimum absolute atomic E-state index is 0.897. The summed E-state index contributed by atoms with van der Waals surface area (Å²) in [5, 5.41) is 12.4. The average Bonchev–Trinajstić information content (AvgIpc) is 2.96. The van der Waals surface area contributed by atoms with Crippen LogP contribution < -0.4 is 5.32 Å². The summed E-state index contributed by atoms with van der Waals surface area (Å²) < 4.78 is 0. The lowest BCUT2D eigenvalue weighted by molar-refractivity contribution is -0.131. The highest BCUT2D eigenvalue weighted by Gasteiger charge is 2.23. The zero-order valence-corrected chi connectivity index (χ0v) is 14.9. The van der Waals surface area contributed by atoms with Crippen molar-refractivity contribution in [1.82, 2.24) is 5.32 Å². The second-order valence-electron chi connectivity index (χ2n) is 6.54. The number of hydrogen-bond acceptors (Lipinski definition) is 3. The molecule has 0 radical (unpaired) electrons. The molecule has 1 aromatic carbocycles. The van der Waals surface area contributed by atoms with Crippen LogP contribution in [0.3, 0.4) is 0 Å². The fourth-order valence-electron chi connectivity index (χ4n) is 3.82. The van der Waals surface area contributed by atoms with Gasteiger partial charge in [0.25, 0.3) is 0 Å². The molecule has 0 unspecified atom stereocenters. The number of carboxylic acids is 1. The maximum Gasteiger partial charge on any atom is 0.328 e. The maximum atomic E-state index is 10.8. The first-order valence-corrected chi connectivity index (χ1v) is 9.59. The number of carbonyl (C=O) groups is 1. The number of nitrogens with one attached hydrogen (secondary N) is 1. The molecule has 0 bridgehead atoms. The Bertz CT molecular complexity index is 868. The van der Waals surface area contributed by atoms with Crippen molar-refractivity contribution in [2.75, 3.05) is 13.1 Å². The molecule has 0 atom stereocenters. The van der Waals surface area contributed by atoms with Gasteiger partial charge in [-0.3, -0.25) is 0 Å². The third-order valence-electron chi connectivity index (χ3n) is 4.96. The van der Waals surface area contributed by atoms with Crippen molar-refractivity contribution in [2.24, 2.45) is 0 Å². The van der Waals surface area contributed by atoms with Crippen molar-refractivity contribution in [2.45, 2.75) is 25.7 Å². The highest BCUT2D eigenvalue weighted by atomic mass is 32.1. The van der Waals surface area contributed by atoms with E-state index in [-0.39, 0.29) is 0 Å². The quantitative estimate of drug-likeness (QED) is 0.800. The fourth-order valence-corrected chi connectivity index (χ4v) is 4.89. The monoisotopic (exact) mass is 351 g/mol. The van der Waals surface area contributed by atoms with E-state index in [1.165, 1.54) is 38.8 Å². The van der Waals surface area contributed by atoms with Crippen LogP contribution in [0.25, 0.3) is 11.6 Å². The van der Waals surface area contributed by atoms with E-state index in [0.717, 1.165) is 43.6 Å². The molecule has 4 rings (SSSR count). The lowest BCUT2D eigenvalue weighted by Gasteiger charge is -2.21. The predicted octanol–water partition coefficient (Wildman–Crippen LogP) is 4.13. The topological polar surface area (TPSA) is 49.3 Å². The molecule has 1 saturated heterocycles. The zero-order valence-electron chi connectivity index (χ0n) is 14.0. The van der Waals surface area contributed by atoms with Crippen LogP contribution in [-0.4, -0.2) is 24.2 Å². The molecule has 1 aliphatic carbocycles. The number of piperidine rings is 1. The summed E-state index contributed by atoms with van der Waals surface area (Å²) in [4.78, 5) is 13.3. The molecule has 1 aliphatic heterocycles. The molecule has 128 valence electrons. The van der Waals surface area contributed by atoms with E-state index in [1.807, 2.05) is 0 Å². The van der Waals surface area contributed by atoms with Gasteiger partial charge in [0.05, 0.1) is 0 Å². The van der Waals surface area contributed by atoms with Crippen molar-refractivity contribution in [1.29, 1.82) is 0 Å². The first-order valence-electron chi connectivity index (χ1n) is 8.77. The number of carboxylic acid groups (broad SMARTS) is 1. The van der Waals surface area contributed by atoms with Crippen LogP contribution in [-0.2, 0) is 17.6 Å². The van der Waals surface area contributed by atoms with Crippen molar-refractivity contribution in [3.63, 3.8) is 0 Å². The Balaban J connectivity index is 1.87. The maximum absolute atomic E-state index is 10.8. The van der Waals surface area contributed by atoms with E-state index < -0.39 is 5.97 Å². The van der Waals surface area contributed by atoms with Crippen LogP contribution in [0.2, 0.25) is 0 Å². The molecule has 4 heteroatoms. The van der Waals surface area contributed by atoms with Crippen LogP contribution >= 0.6 is 11.3 Å². The summed E-state index contributed by atoms with van der Waals surface area (Å²) in [5.41, 5.74) is 7.04. The Kier molecular flexibility index (Phi) is 4.55. The summed E-state index contributed by atoms with van der Waals surface area (Å²) in [6.07, 6.45) is 7.18. The molecular weight excluding hydrogens is 330 g/mol. The lowest BCUT2D eigenvalue weighted by atomic mass is 9.88. The van der Waals surface area contributed by atoms with Gasteiger partial charge in [-0.2, -0.15) is 0 Å². The molecule has 1 aromatic heterocycles. The Morgan fingerprint density at radius 1 is 1.08 bits per heavy atom. The Hall–Kier alpha value is -2.17. The third-order valence-corrected chi connectivity index (χ3v) is 6.12. The average molecular weight is 351 g/mol. The van der Waals surface area contributed by atoms with Gasteiger partial charge in [0.2, 0.25) is 0 Å². The molecule has 3 nitrogen and oxygen atoms in total. The van der Waals surface area contributed by atoms with E-state index in [2.05, 4.69) is 35.6 Å². The van der Waals surface area contributed by atoms with Crippen molar-refractivity contribution >= 4 is 29.0 Å². The Morgan fingerprint density at radius 3 is 2.68 bits per heavy atom. The van der Waals surface area contributed by atoms with E-state index in [1.54, 1.807) is 17.4 Å². The molecule has 0 spiro atoms. The highest BCUT2D eigenvalue weighted by Crippen LogP contribution is 2.41. The summed E-state index contributed by atoms with van der Waals surface area (Å²) >= 11 is 1.73. The Labute approximate surface area is 151 Å². The normalized spacial score (nSPS) is 17.3. The summed E-state index contributed by atoms with van der Waals surface area (Å²) in [5.74, 6) is -0.897. The molecule has 25 heavy (non-hydrogen) atoms. The Morgan fingerprint density at radius 2 is 1.88 bits per heavy atom. The number of rotatable bonds is 2. The third kappa shape index (κ3) is 3.32. The summed E-state index contributed by atoms with van der Waals surface area (Å²) in [6.45, 7) is 2.07. The molecule has 0 saturated carbocycles. The minimum Gasteiger partial charge on any atom is -0.478 e. The molecule has 2 N–H and O–H groups in total. The lowest BCUT2D eigenvalue weighted by Crippen LogP contribution is -2.23. The van der Waals surface area contributed by atoms with Gasteiger partial charge in [0, 0.05) is 15.8 Å². The van der Waals surface area contributed by atoms with E-state index in [0.29, 0.717) is 0 Å². The molecule has 0 amide bonds. The van der Waals surface area contributed by atoms with Crippen molar-refractivity contribution in [3.05, 3.63) is 68.4 Å². The van der Waals surface area contributed by atoms with Crippen molar-refractivity contribution < 1.29 is 9.90 Å². The molecule has 1 fully saturated rings. The number of aryl methyl sites for hydroxylation is 2. The van der Waals surface area contributed by atoms with E-state index in [4.69, 9.17) is 5.11 Å². The SMILES string of the molecule is O=C(O)/C=C/c1cc2c(s1)CCc1ccccc1C2=C1CCNCC1. The molecule has 2 aromatic rings. The van der Waals surface area contributed by atoms with Crippen LogP contribution in [0.5, 0.6) is 0 Å². The predicted molar refractivity (Wildman–Crippen MR) is 103 cm³/mol. The van der Waals surface area contributed by atoms with Gasteiger partial charge in [-0.25, -0.2) is 4.79 Å². The van der Waals surface area contributed by atoms with Gasteiger partial charge in [-0.1, -0.05) is 29.8 Å². The largest absolute Gasteiger partial charge is 0.478 e. The second-order valence-corrected chi connectivity index (χ2v) is 7.71. The summed E-state index contributed by atoms with van der Waals surface area (Å²) in [7, 11) is 0.